The average molecular weight is 109 g/mol. The second-order valence-corrected chi connectivity index (χ2v) is 1.57. The van der Waals surface area contributed by atoms with Crippen LogP contribution in [0.25, 0.3) is 11.4 Å². The minimum Gasteiger partial charge on any atom is -0.309 e. The second kappa shape index (κ2) is 0.912. The van der Waals surface area contributed by atoms with Gasteiger partial charge in [0.05, 0.1) is 6.20 Å². The van der Waals surface area contributed by atoms with Crippen LogP contribution in [0.5, 0.6) is 0 Å². The fraction of sp³-hybridized carbons (Fsp3) is 0. The van der Waals surface area contributed by atoms with E-state index in [1.807, 2.05) is 0 Å². The standard InChI is InChI=1S/C4H3N3O/c8-2-7-3-1-5-4(7)6-3/h1-2H,(H,5,6). The molecule has 0 fully saturated rings. The number of rotatable bonds is 1. The molecule has 4 nitrogen and oxygen atoms in total. The topological polar surface area (TPSA) is 50.7 Å². The Kier molecular flexibility index (Phi) is 0.417. The third kappa shape index (κ3) is 0.203. The number of hydrogen-bond donors (Lipinski definition) is 1. The molecule has 0 spiro atoms. The number of imidazole rings is 2. The molecule has 0 aliphatic carbocycles. The van der Waals surface area contributed by atoms with E-state index in [0.29, 0.717) is 5.78 Å². The van der Waals surface area contributed by atoms with Crippen LogP contribution in [-0.2, 0) is 4.79 Å². The van der Waals surface area contributed by atoms with Crippen molar-refractivity contribution in [2.24, 2.45) is 0 Å². The van der Waals surface area contributed by atoms with Gasteiger partial charge in [0.1, 0.15) is 5.65 Å². The van der Waals surface area contributed by atoms with Crippen molar-refractivity contribution in [2.45, 2.75) is 0 Å². The van der Waals surface area contributed by atoms with Gasteiger partial charge < -0.3 is 4.98 Å². The maximum absolute atomic E-state index is 10.0. The molecule has 1 N–H and O–H groups in total. The Labute approximate surface area is 44.5 Å². The highest BCUT2D eigenvalue weighted by Crippen LogP contribution is 2.07. The minimum absolute atomic E-state index is 0.634. The first-order chi connectivity index (χ1) is 3.92. The van der Waals surface area contributed by atoms with E-state index in [1.54, 1.807) is 6.20 Å². The van der Waals surface area contributed by atoms with Crippen molar-refractivity contribution in [1.29, 1.82) is 0 Å². The molecule has 3 aromatic rings. The van der Waals surface area contributed by atoms with Gasteiger partial charge in [0.25, 0.3) is 0 Å². The number of carbonyl (C=O) groups excluding carboxylic acids is 1. The first-order valence-corrected chi connectivity index (χ1v) is 2.21. The fourth-order valence-corrected chi connectivity index (χ4v) is 0.714. The molecule has 3 rings (SSSR count). The van der Waals surface area contributed by atoms with Crippen LogP contribution in [0, 0.1) is 0 Å². The van der Waals surface area contributed by atoms with E-state index < -0.39 is 0 Å². The molecule has 0 aliphatic heterocycles. The summed E-state index contributed by atoms with van der Waals surface area (Å²) in [4.78, 5) is 16.6. The maximum atomic E-state index is 10.0. The first-order valence-electron chi connectivity index (χ1n) is 2.21. The van der Waals surface area contributed by atoms with Crippen molar-refractivity contribution in [3.63, 3.8) is 0 Å². The number of nitrogens with one attached hydrogen (secondary N) is 1. The summed E-state index contributed by atoms with van der Waals surface area (Å²) >= 11 is 0. The van der Waals surface area contributed by atoms with Crippen LogP contribution >= 0.6 is 0 Å². The summed E-state index contributed by atoms with van der Waals surface area (Å²) in [5.41, 5.74) is 0.773. The number of aromatic nitrogens is 3. The second-order valence-electron chi connectivity index (χ2n) is 1.57. The summed E-state index contributed by atoms with van der Waals surface area (Å²) in [5.74, 6) is 0.634. The lowest BCUT2D eigenvalue weighted by Gasteiger charge is -1.97. The molecule has 0 atom stereocenters. The molecular weight excluding hydrogens is 106 g/mol. The lowest BCUT2D eigenvalue weighted by Crippen LogP contribution is -2.03. The largest absolute Gasteiger partial charge is 0.309 e. The summed E-state index contributed by atoms with van der Waals surface area (Å²) in [7, 11) is 0. The molecular formula is C4H3N3O. The zero-order valence-electron chi connectivity index (χ0n) is 3.96. The summed E-state index contributed by atoms with van der Waals surface area (Å²) in [6.07, 6.45) is 2.35. The highest BCUT2D eigenvalue weighted by Gasteiger charge is 2.06. The third-order valence-corrected chi connectivity index (χ3v) is 1.14. The molecule has 0 radical (unpaired) electrons. The van der Waals surface area contributed by atoms with E-state index >= 15 is 0 Å². The molecule has 0 saturated carbocycles. The van der Waals surface area contributed by atoms with E-state index in [4.69, 9.17) is 0 Å². The molecule has 3 heterocycles. The third-order valence-electron chi connectivity index (χ3n) is 1.14. The van der Waals surface area contributed by atoms with E-state index in [0.717, 1.165) is 12.1 Å². The molecule has 0 saturated heterocycles. The van der Waals surface area contributed by atoms with Crippen molar-refractivity contribution >= 4 is 17.8 Å². The smallest absolute Gasteiger partial charge is 0.222 e. The molecule has 0 unspecified atom stereocenters. The number of carbonyl (C=O) groups is 1. The normalized spacial score (nSPS) is 11.0. The van der Waals surface area contributed by atoms with Crippen molar-refractivity contribution in [3.05, 3.63) is 6.20 Å². The SMILES string of the molecule is O=Cn1c2cnc1[nH]2. The van der Waals surface area contributed by atoms with Gasteiger partial charge in [0, 0.05) is 0 Å². The van der Waals surface area contributed by atoms with Crippen molar-refractivity contribution in [1.82, 2.24) is 14.5 Å². The maximum Gasteiger partial charge on any atom is 0.222 e. The summed E-state index contributed by atoms with van der Waals surface area (Å²) in [5, 5.41) is 0. The van der Waals surface area contributed by atoms with E-state index in [2.05, 4.69) is 9.97 Å². The lowest BCUT2D eigenvalue weighted by atomic mass is 10.7. The zero-order valence-corrected chi connectivity index (χ0v) is 3.96. The minimum atomic E-state index is 0.634. The number of nitrogens with zero attached hydrogens (tertiary/aromatic N) is 2. The van der Waals surface area contributed by atoms with E-state index in [-0.39, 0.29) is 0 Å². The van der Waals surface area contributed by atoms with E-state index in [9.17, 15) is 4.79 Å². The Morgan fingerprint density at radius 1 is 1.88 bits per heavy atom. The van der Waals surface area contributed by atoms with E-state index in [1.165, 1.54) is 4.57 Å². The summed E-state index contributed by atoms with van der Waals surface area (Å²) < 4.78 is 1.44. The number of fused-ring (bicyclic) bond motifs is 1. The number of H-pyrrole nitrogens is 1. The number of hydrogen-bond acceptors (Lipinski definition) is 2. The number of aromatic amines is 1. The first kappa shape index (κ1) is 3.65. The van der Waals surface area contributed by atoms with Gasteiger partial charge in [-0.15, -0.1) is 0 Å². The van der Waals surface area contributed by atoms with Gasteiger partial charge in [-0.3, -0.25) is 4.79 Å². The molecule has 40 valence electrons. The van der Waals surface area contributed by atoms with Crippen LogP contribution in [0.15, 0.2) is 6.20 Å². The van der Waals surface area contributed by atoms with Crippen molar-refractivity contribution in [2.75, 3.05) is 0 Å². The molecule has 8 heavy (non-hydrogen) atoms. The van der Waals surface area contributed by atoms with Gasteiger partial charge in [-0.1, -0.05) is 0 Å². The van der Waals surface area contributed by atoms with Gasteiger partial charge >= 0.3 is 0 Å². The van der Waals surface area contributed by atoms with Gasteiger partial charge in [-0.25, -0.2) is 9.55 Å². The summed E-state index contributed by atoms with van der Waals surface area (Å²) in [6, 6.07) is 0. The van der Waals surface area contributed by atoms with Gasteiger partial charge in [0.15, 0.2) is 0 Å². The average Bonchev–Trinajstić information content (AvgIpc) is 2.19. The Balaban J connectivity index is 2.83. The van der Waals surface area contributed by atoms with Crippen LogP contribution in [0.1, 0.15) is 0 Å². The predicted octanol–water partition coefficient (Wildman–Crippen LogP) is -0.160. The molecule has 0 amide bonds. The quantitative estimate of drug-likeness (QED) is 0.517. The Morgan fingerprint density at radius 3 is 3.00 bits per heavy atom. The predicted molar refractivity (Wildman–Crippen MR) is 27.4 cm³/mol. The van der Waals surface area contributed by atoms with Crippen molar-refractivity contribution < 1.29 is 4.79 Å². The highest BCUT2D eigenvalue weighted by molar-refractivity contribution is 5.74. The zero-order chi connectivity index (χ0) is 5.56. The molecule has 2 bridgehead atoms. The highest BCUT2D eigenvalue weighted by atomic mass is 16.1. The fourth-order valence-electron chi connectivity index (χ4n) is 0.714. The van der Waals surface area contributed by atoms with Crippen molar-refractivity contribution in [3.8, 4) is 0 Å². The summed E-state index contributed by atoms with van der Waals surface area (Å²) in [6.45, 7) is 0. The van der Waals surface area contributed by atoms with Crippen LogP contribution in [0.4, 0.5) is 0 Å². The lowest BCUT2D eigenvalue weighted by molar-refractivity contribution is 0.548. The van der Waals surface area contributed by atoms with Gasteiger partial charge in [-0.2, -0.15) is 0 Å². The Bertz CT molecular complexity index is 260. The molecule has 0 aromatic carbocycles. The monoisotopic (exact) mass is 109 g/mol. The van der Waals surface area contributed by atoms with Crippen LogP contribution < -0.4 is 0 Å². The van der Waals surface area contributed by atoms with Gasteiger partial charge in [-0.05, 0) is 0 Å². The Morgan fingerprint density at radius 2 is 2.75 bits per heavy atom. The van der Waals surface area contributed by atoms with Crippen LogP contribution in [0.3, 0.4) is 0 Å². The molecule has 0 aliphatic rings. The molecule has 3 aromatic heterocycles. The van der Waals surface area contributed by atoms with Crippen LogP contribution in [0.2, 0.25) is 0 Å². The van der Waals surface area contributed by atoms with Crippen LogP contribution in [-0.4, -0.2) is 20.9 Å². The molecule has 4 heteroatoms. The Hall–Kier alpha value is -1.32. The van der Waals surface area contributed by atoms with Gasteiger partial charge in [0.2, 0.25) is 12.2 Å².